The molecule has 0 radical (unpaired) electrons. The van der Waals surface area contributed by atoms with Gasteiger partial charge in [-0.15, -0.1) is 0 Å². The monoisotopic (exact) mass is 560 g/mol. The zero-order valence-corrected chi connectivity index (χ0v) is 24.6. The van der Waals surface area contributed by atoms with Gasteiger partial charge in [0.25, 0.3) is 0 Å². The third-order valence-electron chi connectivity index (χ3n) is 6.49. The maximum absolute atomic E-state index is 11.3. The number of carbonyl (C=O) groups excluding carboxylic acids is 2. The molecule has 0 unspecified atom stereocenters. The van der Waals surface area contributed by atoms with Crippen molar-refractivity contribution < 1.29 is 19.1 Å². The second-order valence-corrected chi connectivity index (χ2v) is 9.55. The van der Waals surface area contributed by atoms with E-state index in [1.807, 2.05) is 36.5 Å². The minimum Gasteiger partial charge on any atom is -0.463 e. The van der Waals surface area contributed by atoms with Crippen LogP contribution in [0.5, 0.6) is 0 Å². The largest absolute Gasteiger partial charge is 0.463 e. The molecule has 0 fully saturated rings. The van der Waals surface area contributed by atoms with Crippen molar-refractivity contribution in [2.75, 3.05) is 13.2 Å². The molecule has 2 aromatic rings. The molecule has 216 valence electrons. The molecule has 0 N–H and O–H groups in total. The van der Waals surface area contributed by atoms with Crippen molar-refractivity contribution in [1.82, 2.24) is 0 Å². The second kappa shape index (κ2) is 18.6. The first kappa shape index (κ1) is 31.8. The van der Waals surface area contributed by atoms with E-state index in [0.29, 0.717) is 13.2 Å². The van der Waals surface area contributed by atoms with Gasteiger partial charge in [0, 0.05) is 12.2 Å². The average molecular weight is 561 g/mol. The highest BCUT2D eigenvalue weighted by Gasteiger charge is 2.09. The van der Waals surface area contributed by atoms with Crippen molar-refractivity contribution in [3.63, 3.8) is 0 Å². The zero-order chi connectivity index (χ0) is 29.8. The molecule has 4 nitrogen and oxygen atoms in total. The number of hydrogen-bond acceptors (Lipinski definition) is 4. The van der Waals surface area contributed by atoms with Gasteiger partial charge in [0.05, 0.1) is 13.2 Å². The predicted octanol–water partition coefficient (Wildman–Crippen LogP) is 8.06. The van der Waals surface area contributed by atoms with Crippen LogP contribution in [0.15, 0.2) is 121 Å². The summed E-state index contributed by atoms with van der Waals surface area (Å²) < 4.78 is 9.73. The van der Waals surface area contributed by atoms with Crippen molar-refractivity contribution in [1.29, 1.82) is 0 Å². The number of hydrogen-bond donors (Lipinski definition) is 0. The number of ether oxygens (including phenoxy) is 2. The predicted molar refractivity (Wildman–Crippen MR) is 174 cm³/mol. The molecular weight excluding hydrogens is 520 g/mol. The molecule has 4 aliphatic carbocycles. The van der Waals surface area contributed by atoms with Crippen LogP contribution in [0.25, 0.3) is 12.2 Å². The Morgan fingerprint density at radius 1 is 0.548 bits per heavy atom. The molecular formula is C38H40O4. The fraction of sp³-hybridized carbons (Fsp3) is 0.211. The summed E-state index contributed by atoms with van der Waals surface area (Å²) in [5, 5.41) is 0. The Morgan fingerprint density at radius 3 is 1.33 bits per heavy atom. The van der Waals surface area contributed by atoms with Crippen LogP contribution in [0.1, 0.15) is 47.2 Å². The van der Waals surface area contributed by atoms with Crippen LogP contribution in [0, 0.1) is 0 Å². The van der Waals surface area contributed by atoms with Gasteiger partial charge in [-0.1, -0.05) is 121 Å². The highest BCUT2D eigenvalue weighted by atomic mass is 16.5. The summed E-state index contributed by atoms with van der Waals surface area (Å²) in [7, 11) is 0. The fourth-order valence-electron chi connectivity index (χ4n) is 4.40. The molecule has 0 amide bonds. The maximum atomic E-state index is 11.3. The Bertz CT molecular complexity index is 1320. The molecule has 6 rings (SSSR count). The van der Waals surface area contributed by atoms with E-state index >= 15 is 0 Å². The summed E-state index contributed by atoms with van der Waals surface area (Å²) in [6, 6.07) is 13.7. The minimum absolute atomic E-state index is 0.333. The minimum atomic E-state index is -0.333. The van der Waals surface area contributed by atoms with Crippen molar-refractivity contribution in [3.8, 4) is 0 Å². The van der Waals surface area contributed by atoms with Crippen LogP contribution in [0.4, 0.5) is 0 Å². The molecule has 0 spiro atoms. The van der Waals surface area contributed by atoms with Gasteiger partial charge in [-0.05, 0) is 72.9 Å². The molecule has 2 aromatic carbocycles. The van der Waals surface area contributed by atoms with Crippen LogP contribution in [0.2, 0.25) is 0 Å². The van der Waals surface area contributed by atoms with Crippen LogP contribution in [0.3, 0.4) is 0 Å². The molecule has 0 aromatic heterocycles. The zero-order valence-electron chi connectivity index (χ0n) is 24.6. The van der Waals surface area contributed by atoms with Crippen molar-refractivity contribution >= 4 is 24.1 Å². The molecule has 0 aliphatic heterocycles. The van der Waals surface area contributed by atoms with E-state index < -0.39 is 0 Å². The van der Waals surface area contributed by atoms with Crippen molar-refractivity contribution in [3.05, 3.63) is 155 Å². The van der Waals surface area contributed by atoms with Crippen LogP contribution in [-0.2, 0) is 44.7 Å². The van der Waals surface area contributed by atoms with E-state index in [1.165, 1.54) is 45.5 Å². The van der Waals surface area contributed by atoms with Gasteiger partial charge >= 0.3 is 11.9 Å². The van der Waals surface area contributed by atoms with E-state index in [9.17, 15) is 9.59 Å². The number of carbonyl (C=O) groups is 2. The van der Waals surface area contributed by atoms with Gasteiger partial charge in [0.15, 0.2) is 0 Å². The molecule has 42 heavy (non-hydrogen) atoms. The van der Waals surface area contributed by atoms with Gasteiger partial charge in [-0.3, -0.25) is 0 Å². The van der Waals surface area contributed by atoms with Crippen molar-refractivity contribution in [2.24, 2.45) is 0 Å². The first-order chi connectivity index (χ1) is 20.6. The summed E-state index contributed by atoms with van der Waals surface area (Å²) in [4.78, 5) is 22.7. The summed E-state index contributed by atoms with van der Waals surface area (Å²) in [5.74, 6) is -0.667. The Labute approximate surface area is 250 Å². The molecule has 0 atom stereocenters. The molecule has 4 heteroatoms. The fourth-order valence-corrected chi connectivity index (χ4v) is 4.40. The average Bonchev–Trinajstić information content (AvgIpc) is 2.98. The lowest BCUT2D eigenvalue weighted by Gasteiger charge is -2.14. The Kier molecular flexibility index (Phi) is 14.1. The lowest BCUT2D eigenvalue weighted by Crippen LogP contribution is -2.02. The number of allylic oxidation sites excluding steroid dienone is 12. The SMILES string of the molecule is CCOC(=O)/C=C/C=C/C=C/C=C/c1cc2ccc1CCc1ccc(cc1/C=C/C=C/C=C/C=C/C(=O)OCC)CC2. The third kappa shape index (κ3) is 11.8. The molecule has 4 bridgehead atoms. The lowest BCUT2D eigenvalue weighted by molar-refractivity contribution is -0.138. The molecule has 0 saturated carbocycles. The summed E-state index contributed by atoms with van der Waals surface area (Å²) >= 11 is 0. The van der Waals surface area contributed by atoms with Crippen LogP contribution >= 0.6 is 0 Å². The molecule has 0 saturated heterocycles. The quantitative estimate of drug-likeness (QED) is 0.150. The first-order valence-electron chi connectivity index (χ1n) is 14.5. The van der Waals surface area contributed by atoms with E-state index in [2.05, 4.69) is 60.7 Å². The van der Waals surface area contributed by atoms with Gasteiger partial charge < -0.3 is 9.47 Å². The molecule has 4 aliphatic rings. The van der Waals surface area contributed by atoms with Gasteiger partial charge in [0.1, 0.15) is 0 Å². The van der Waals surface area contributed by atoms with E-state index in [1.54, 1.807) is 38.2 Å². The highest BCUT2D eigenvalue weighted by Crippen LogP contribution is 2.23. The Morgan fingerprint density at radius 2 is 0.929 bits per heavy atom. The normalized spacial score (nSPS) is 14.1. The van der Waals surface area contributed by atoms with Crippen molar-refractivity contribution in [2.45, 2.75) is 39.5 Å². The second-order valence-electron chi connectivity index (χ2n) is 9.55. The Hall–Kier alpha value is -4.70. The van der Waals surface area contributed by atoms with Gasteiger partial charge in [-0.2, -0.15) is 0 Å². The van der Waals surface area contributed by atoms with E-state index in [0.717, 1.165) is 25.7 Å². The maximum Gasteiger partial charge on any atom is 0.330 e. The number of aryl methyl sites for hydroxylation is 4. The van der Waals surface area contributed by atoms with E-state index in [4.69, 9.17) is 9.47 Å². The number of esters is 2. The Balaban J connectivity index is 1.64. The van der Waals surface area contributed by atoms with Gasteiger partial charge in [-0.25, -0.2) is 9.59 Å². The lowest BCUT2D eigenvalue weighted by atomic mass is 9.91. The smallest absolute Gasteiger partial charge is 0.330 e. The summed E-state index contributed by atoms with van der Waals surface area (Å²) in [5.41, 5.74) is 7.83. The highest BCUT2D eigenvalue weighted by molar-refractivity contribution is 5.82. The number of rotatable bonds is 12. The van der Waals surface area contributed by atoms with E-state index in [-0.39, 0.29) is 11.9 Å². The van der Waals surface area contributed by atoms with Crippen LogP contribution < -0.4 is 0 Å². The summed E-state index contributed by atoms with van der Waals surface area (Å²) in [6.45, 7) is 4.33. The third-order valence-corrected chi connectivity index (χ3v) is 6.49. The first-order valence-corrected chi connectivity index (χ1v) is 14.5. The standard InChI is InChI=1S/C38H40O4/c1-3-41-37(39)19-15-11-7-5-9-13-17-35-29-31-21-22-32-24-26-34(28-27-33(35)25-23-31)36(30-32)18-14-10-6-8-12-16-20-38(40)42-4-2/h5-20,23-26,29-30H,3-4,21-22,27-28H2,1-2H3/b9-5+,10-6+,11-7+,12-8+,17-13+,18-14+,19-15+,20-16+. The number of benzene rings is 2. The van der Waals surface area contributed by atoms with Gasteiger partial charge in [0.2, 0.25) is 0 Å². The topological polar surface area (TPSA) is 52.6 Å². The molecule has 0 heterocycles. The summed E-state index contributed by atoms with van der Waals surface area (Å²) in [6.07, 6.45) is 33.8. The van der Waals surface area contributed by atoms with Crippen LogP contribution in [-0.4, -0.2) is 25.2 Å².